The number of benzene rings is 1. The third kappa shape index (κ3) is 5.25. The van der Waals surface area contributed by atoms with Gasteiger partial charge >= 0.3 is 7.75 Å². The maximum Gasteiger partial charge on any atom is 0.448 e. The second-order valence-electron chi connectivity index (χ2n) is 5.29. The fraction of sp³-hybridized carbons (Fsp3) is 0.267. The summed E-state index contributed by atoms with van der Waals surface area (Å²) in [4.78, 5) is 18.0. The van der Waals surface area contributed by atoms with Gasteiger partial charge in [0.1, 0.15) is 17.3 Å². The van der Waals surface area contributed by atoms with Crippen LogP contribution in [0.3, 0.4) is 0 Å². The van der Waals surface area contributed by atoms with Gasteiger partial charge in [0.05, 0.1) is 11.6 Å². The van der Waals surface area contributed by atoms with E-state index in [-0.39, 0.29) is 23.0 Å². The van der Waals surface area contributed by atoms with Crippen molar-refractivity contribution in [3.05, 3.63) is 53.5 Å². The van der Waals surface area contributed by atoms with Gasteiger partial charge in [-0.05, 0) is 37.0 Å². The van der Waals surface area contributed by atoms with Crippen LogP contribution in [0.5, 0.6) is 5.75 Å². The molecule has 0 radical (unpaired) electrons. The lowest BCUT2D eigenvalue weighted by molar-refractivity contribution is 0.340. The van der Waals surface area contributed by atoms with Gasteiger partial charge in [-0.3, -0.25) is 0 Å². The van der Waals surface area contributed by atoms with Crippen molar-refractivity contribution in [3.8, 4) is 5.75 Å². The highest BCUT2D eigenvalue weighted by Crippen LogP contribution is 2.39. The highest BCUT2D eigenvalue weighted by Gasteiger charge is 2.26. The molecule has 124 valence electrons. The van der Waals surface area contributed by atoms with Crippen molar-refractivity contribution < 1.29 is 29.7 Å². The molecular weight excluding hydrogens is 321 g/mol. The molecule has 0 amide bonds. The molecule has 1 unspecified atom stereocenters. The summed E-state index contributed by atoms with van der Waals surface area (Å²) in [6, 6.07) is 6.72. The topological polar surface area (TPSA) is 131 Å². The summed E-state index contributed by atoms with van der Waals surface area (Å²) in [6.07, 6.45) is 3.99. The largest absolute Gasteiger partial charge is 0.511 e. The van der Waals surface area contributed by atoms with Crippen molar-refractivity contribution in [3.63, 3.8) is 0 Å². The molecule has 1 aliphatic carbocycles. The van der Waals surface area contributed by atoms with E-state index in [1.54, 1.807) is 24.3 Å². The number of hydrogen-bond acceptors (Lipinski definition) is 4. The quantitative estimate of drug-likeness (QED) is 0.524. The van der Waals surface area contributed by atoms with E-state index in [4.69, 9.17) is 9.79 Å². The molecule has 23 heavy (non-hydrogen) atoms. The minimum Gasteiger partial charge on any atom is -0.511 e. The van der Waals surface area contributed by atoms with Crippen LogP contribution in [0.25, 0.3) is 0 Å². The van der Waals surface area contributed by atoms with Crippen LogP contribution >= 0.6 is 7.75 Å². The van der Waals surface area contributed by atoms with E-state index in [0.29, 0.717) is 19.3 Å². The van der Waals surface area contributed by atoms with E-state index in [1.807, 2.05) is 0 Å². The van der Waals surface area contributed by atoms with Crippen LogP contribution in [-0.2, 0) is 11.0 Å². The van der Waals surface area contributed by atoms with Crippen molar-refractivity contribution >= 4 is 13.5 Å². The zero-order valence-electron chi connectivity index (χ0n) is 12.2. The molecule has 1 atom stereocenters. The summed E-state index contributed by atoms with van der Waals surface area (Å²) < 4.78 is 14.4. The fourth-order valence-corrected chi connectivity index (χ4v) is 2.91. The summed E-state index contributed by atoms with van der Waals surface area (Å²) >= 11 is 0. The van der Waals surface area contributed by atoms with Gasteiger partial charge in [0.2, 0.25) is 0 Å². The predicted octanol–water partition coefficient (Wildman–Crippen LogP) is 2.76. The first-order valence-corrected chi connectivity index (χ1v) is 8.56. The first-order valence-electron chi connectivity index (χ1n) is 6.99. The fourth-order valence-electron chi connectivity index (χ4n) is 2.42. The number of nitrogens with zero attached hydrogens (tertiary/aromatic N) is 1. The molecule has 0 fully saturated rings. The molecular formula is C15H18NO6P. The molecule has 0 aliphatic heterocycles. The van der Waals surface area contributed by atoms with Crippen molar-refractivity contribution in [2.24, 2.45) is 10.7 Å². The van der Waals surface area contributed by atoms with E-state index in [9.17, 15) is 19.9 Å². The number of phenols is 1. The minimum absolute atomic E-state index is 0.0402. The zero-order valence-corrected chi connectivity index (χ0v) is 13.1. The third-order valence-corrected chi connectivity index (χ3v) is 3.94. The van der Waals surface area contributed by atoms with Crippen molar-refractivity contribution in [1.29, 1.82) is 0 Å². The van der Waals surface area contributed by atoms with Crippen LogP contribution in [0.1, 0.15) is 18.4 Å². The number of aliphatic hydroxyl groups excluding tert-OH is 2. The molecule has 8 heteroatoms. The molecule has 0 aromatic heterocycles. The molecule has 1 aliphatic rings. The first-order chi connectivity index (χ1) is 10.7. The Morgan fingerprint density at radius 1 is 1.04 bits per heavy atom. The summed E-state index contributed by atoms with van der Waals surface area (Å²) in [6.45, 7) is 0. The lowest BCUT2D eigenvalue weighted by Crippen LogP contribution is -2.19. The second kappa shape index (κ2) is 7.00. The smallest absolute Gasteiger partial charge is 0.448 e. The van der Waals surface area contributed by atoms with Gasteiger partial charge in [0.25, 0.3) is 0 Å². The number of aryl methyl sites for hydroxylation is 1. The first kappa shape index (κ1) is 17.3. The Hall–Kier alpha value is -2.08. The molecule has 0 saturated heterocycles. The zero-order chi connectivity index (χ0) is 17.0. The van der Waals surface area contributed by atoms with Crippen molar-refractivity contribution in [2.75, 3.05) is 0 Å². The second-order valence-corrected chi connectivity index (χ2v) is 6.51. The molecule has 0 bridgehead atoms. The van der Waals surface area contributed by atoms with E-state index < -0.39 is 13.7 Å². The van der Waals surface area contributed by atoms with E-state index in [2.05, 4.69) is 4.76 Å². The SMILES string of the molecule is O=P(O)(O)N=C1C=C(O)C=C(O)C1CCCc1ccc(O)cc1. The Labute approximate surface area is 133 Å². The Bertz CT molecular complexity index is 701. The number of hydrogen-bond donors (Lipinski definition) is 5. The lowest BCUT2D eigenvalue weighted by Gasteiger charge is -2.20. The summed E-state index contributed by atoms with van der Waals surface area (Å²) in [7, 11) is -4.65. The highest BCUT2D eigenvalue weighted by atomic mass is 31.2. The van der Waals surface area contributed by atoms with Crippen LogP contribution in [0.4, 0.5) is 0 Å². The average Bonchev–Trinajstić information content (AvgIpc) is 2.42. The summed E-state index contributed by atoms with van der Waals surface area (Å²) in [5, 5.41) is 28.6. The highest BCUT2D eigenvalue weighted by molar-refractivity contribution is 7.50. The van der Waals surface area contributed by atoms with Crippen LogP contribution in [0.2, 0.25) is 0 Å². The molecule has 0 spiro atoms. The van der Waals surface area contributed by atoms with Crippen molar-refractivity contribution in [2.45, 2.75) is 19.3 Å². The van der Waals surface area contributed by atoms with Gasteiger partial charge in [-0.15, -0.1) is 0 Å². The number of allylic oxidation sites excluding steroid dienone is 3. The van der Waals surface area contributed by atoms with Gasteiger partial charge in [-0.1, -0.05) is 12.1 Å². The molecule has 2 rings (SSSR count). The molecule has 0 saturated carbocycles. The molecule has 5 N–H and O–H groups in total. The maximum atomic E-state index is 11.1. The Morgan fingerprint density at radius 2 is 1.70 bits per heavy atom. The minimum atomic E-state index is -4.65. The van der Waals surface area contributed by atoms with Gasteiger partial charge < -0.3 is 25.1 Å². The normalized spacial score (nSPS) is 20.3. The van der Waals surface area contributed by atoms with E-state index >= 15 is 0 Å². The monoisotopic (exact) mass is 339 g/mol. The van der Waals surface area contributed by atoms with Gasteiger partial charge in [0.15, 0.2) is 0 Å². The number of phenolic OH excluding ortho intramolecular Hbond substituents is 1. The van der Waals surface area contributed by atoms with E-state index in [1.165, 1.54) is 0 Å². The van der Waals surface area contributed by atoms with Gasteiger partial charge in [-0.25, -0.2) is 4.57 Å². The van der Waals surface area contributed by atoms with Crippen LogP contribution in [-0.4, -0.2) is 30.8 Å². The van der Waals surface area contributed by atoms with Gasteiger partial charge in [0, 0.05) is 12.2 Å². The maximum absolute atomic E-state index is 11.1. The number of rotatable bonds is 5. The standard InChI is InChI=1S/C15H18NO6P/c17-11-6-4-10(5-7-11)2-1-3-13-14(16-23(20,21)22)8-12(18)9-15(13)19/h4-9,13,17-19H,1-3H2,(H2,20,21,22). The number of aliphatic hydroxyl groups is 2. The van der Waals surface area contributed by atoms with E-state index in [0.717, 1.165) is 17.7 Å². The van der Waals surface area contributed by atoms with Crippen LogP contribution in [0.15, 0.2) is 52.7 Å². The molecule has 1 aromatic rings. The summed E-state index contributed by atoms with van der Waals surface area (Å²) in [5.41, 5.74) is 0.954. The lowest BCUT2D eigenvalue weighted by atomic mass is 9.90. The Balaban J connectivity index is 2.06. The van der Waals surface area contributed by atoms with Crippen molar-refractivity contribution in [1.82, 2.24) is 0 Å². The molecule has 0 heterocycles. The number of aromatic hydroxyl groups is 1. The van der Waals surface area contributed by atoms with Crippen LogP contribution in [0, 0.1) is 5.92 Å². The Kier molecular flexibility index (Phi) is 5.26. The predicted molar refractivity (Wildman–Crippen MR) is 85.4 cm³/mol. The average molecular weight is 339 g/mol. The molecule has 1 aromatic carbocycles. The Morgan fingerprint density at radius 3 is 2.30 bits per heavy atom. The molecule has 7 nitrogen and oxygen atoms in total. The third-order valence-electron chi connectivity index (χ3n) is 3.45. The van der Waals surface area contributed by atoms with Gasteiger partial charge in [-0.2, -0.15) is 4.76 Å². The summed E-state index contributed by atoms with van der Waals surface area (Å²) in [5.74, 6) is -0.971. The van der Waals surface area contributed by atoms with Crippen LogP contribution < -0.4 is 0 Å².